The number of hydrogen-bond acceptors (Lipinski definition) is 2. The van der Waals surface area contributed by atoms with Gasteiger partial charge in [0.15, 0.2) is 0 Å². The average molecular weight is 213 g/mol. The van der Waals surface area contributed by atoms with Gasteiger partial charge < -0.3 is 10.1 Å². The Kier molecular flexibility index (Phi) is 6.26. The van der Waals surface area contributed by atoms with Gasteiger partial charge in [-0.2, -0.15) is 0 Å². The number of ether oxygens (including phenoxy) is 1. The second-order valence-corrected chi connectivity index (χ2v) is 4.71. The van der Waals surface area contributed by atoms with E-state index in [4.69, 9.17) is 4.74 Å². The first-order valence-electron chi connectivity index (χ1n) is 6.67. The van der Waals surface area contributed by atoms with Crippen molar-refractivity contribution in [3.05, 3.63) is 0 Å². The molecule has 0 unspecified atom stereocenters. The minimum atomic E-state index is 0.153. The van der Waals surface area contributed by atoms with Gasteiger partial charge in [-0.15, -0.1) is 0 Å². The molecule has 15 heavy (non-hydrogen) atoms. The van der Waals surface area contributed by atoms with Crippen LogP contribution in [0.3, 0.4) is 0 Å². The highest BCUT2D eigenvalue weighted by Gasteiger charge is 2.30. The number of nitrogens with one attached hydrogen (secondary N) is 1. The molecule has 1 aliphatic carbocycles. The minimum absolute atomic E-state index is 0.153. The molecular formula is C13H27NO. The molecule has 0 heterocycles. The lowest BCUT2D eigenvalue weighted by atomic mass is 9.94. The minimum Gasteiger partial charge on any atom is -0.374 e. The van der Waals surface area contributed by atoms with Crippen molar-refractivity contribution in [2.45, 2.75) is 64.4 Å². The van der Waals surface area contributed by atoms with Crippen LogP contribution < -0.4 is 5.32 Å². The standard InChI is InChI=1S/C13H27NO/c1-3-11-14-12-13(15-4-2)9-7-5-6-8-10-13/h14H,3-12H2,1-2H3. The topological polar surface area (TPSA) is 21.3 Å². The highest BCUT2D eigenvalue weighted by atomic mass is 16.5. The van der Waals surface area contributed by atoms with Crippen LogP contribution in [-0.2, 0) is 4.74 Å². The SMILES string of the molecule is CCCNCC1(OCC)CCCCCC1. The first kappa shape index (κ1) is 13.0. The van der Waals surface area contributed by atoms with E-state index in [-0.39, 0.29) is 5.60 Å². The lowest BCUT2D eigenvalue weighted by Gasteiger charge is -2.33. The Balaban J connectivity index is 2.42. The van der Waals surface area contributed by atoms with Crippen LogP contribution in [0.1, 0.15) is 58.8 Å². The summed E-state index contributed by atoms with van der Waals surface area (Å²) in [5.41, 5.74) is 0.153. The Morgan fingerprint density at radius 3 is 2.27 bits per heavy atom. The molecule has 0 saturated heterocycles. The van der Waals surface area contributed by atoms with Gasteiger partial charge in [-0.25, -0.2) is 0 Å². The van der Waals surface area contributed by atoms with Crippen LogP contribution in [0.2, 0.25) is 0 Å². The molecule has 0 aliphatic heterocycles. The Labute approximate surface area is 94.8 Å². The van der Waals surface area contributed by atoms with Crippen molar-refractivity contribution in [3.8, 4) is 0 Å². The van der Waals surface area contributed by atoms with Gasteiger partial charge >= 0.3 is 0 Å². The van der Waals surface area contributed by atoms with E-state index in [1.807, 2.05) is 0 Å². The fraction of sp³-hybridized carbons (Fsp3) is 1.00. The van der Waals surface area contributed by atoms with E-state index in [1.54, 1.807) is 0 Å². The van der Waals surface area contributed by atoms with Crippen LogP contribution >= 0.6 is 0 Å². The highest BCUT2D eigenvalue weighted by molar-refractivity contribution is 4.85. The zero-order chi connectivity index (χ0) is 11.0. The van der Waals surface area contributed by atoms with Crippen LogP contribution in [0.25, 0.3) is 0 Å². The molecular weight excluding hydrogens is 186 g/mol. The Morgan fingerprint density at radius 1 is 1.07 bits per heavy atom. The molecule has 0 bridgehead atoms. The third-order valence-corrected chi connectivity index (χ3v) is 3.34. The molecule has 0 amide bonds. The van der Waals surface area contributed by atoms with Crippen molar-refractivity contribution in [2.24, 2.45) is 0 Å². The van der Waals surface area contributed by atoms with Gasteiger partial charge in [-0.1, -0.05) is 32.6 Å². The Hall–Kier alpha value is -0.0800. The smallest absolute Gasteiger partial charge is 0.0806 e. The van der Waals surface area contributed by atoms with Gasteiger partial charge in [0.25, 0.3) is 0 Å². The molecule has 90 valence electrons. The third kappa shape index (κ3) is 4.52. The largest absolute Gasteiger partial charge is 0.374 e. The van der Waals surface area contributed by atoms with Crippen LogP contribution in [-0.4, -0.2) is 25.3 Å². The summed E-state index contributed by atoms with van der Waals surface area (Å²) in [5.74, 6) is 0. The summed E-state index contributed by atoms with van der Waals surface area (Å²) >= 11 is 0. The number of hydrogen-bond donors (Lipinski definition) is 1. The second-order valence-electron chi connectivity index (χ2n) is 4.71. The molecule has 0 radical (unpaired) electrons. The maximum Gasteiger partial charge on any atom is 0.0806 e. The Bertz CT molecular complexity index is 151. The second kappa shape index (κ2) is 7.24. The summed E-state index contributed by atoms with van der Waals surface area (Å²) in [6.07, 6.45) is 9.17. The van der Waals surface area contributed by atoms with Gasteiger partial charge in [0.2, 0.25) is 0 Å². The molecule has 2 heteroatoms. The summed E-state index contributed by atoms with van der Waals surface area (Å²) in [5, 5.41) is 3.53. The maximum absolute atomic E-state index is 6.03. The van der Waals surface area contributed by atoms with Gasteiger partial charge in [0.05, 0.1) is 5.60 Å². The van der Waals surface area contributed by atoms with Gasteiger partial charge in [-0.3, -0.25) is 0 Å². The summed E-state index contributed by atoms with van der Waals surface area (Å²) in [4.78, 5) is 0. The Morgan fingerprint density at radius 2 is 1.73 bits per heavy atom. The monoisotopic (exact) mass is 213 g/mol. The molecule has 0 aromatic rings. The van der Waals surface area contributed by atoms with E-state index in [9.17, 15) is 0 Å². The normalized spacial score (nSPS) is 21.2. The lowest BCUT2D eigenvalue weighted by Crippen LogP contribution is -2.43. The van der Waals surface area contributed by atoms with E-state index in [0.29, 0.717) is 0 Å². The molecule has 0 atom stereocenters. The van der Waals surface area contributed by atoms with Crippen molar-refractivity contribution in [2.75, 3.05) is 19.7 Å². The molecule has 1 aliphatic rings. The molecule has 1 rings (SSSR count). The quantitative estimate of drug-likeness (QED) is 0.541. The lowest BCUT2D eigenvalue weighted by molar-refractivity contribution is -0.0486. The summed E-state index contributed by atoms with van der Waals surface area (Å²) in [6, 6.07) is 0. The van der Waals surface area contributed by atoms with E-state index >= 15 is 0 Å². The van der Waals surface area contributed by atoms with Crippen molar-refractivity contribution >= 4 is 0 Å². The van der Waals surface area contributed by atoms with Crippen molar-refractivity contribution in [1.82, 2.24) is 5.32 Å². The summed E-state index contributed by atoms with van der Waals surface area (Å²) in [6.45, 7) is 7.36. The fourth-order valence-electron chi connectivity index (χ4n) is 2.54. The van der Waals surface area contributed by atoms with Crippen LogP contribution in [0.15, 0.2) is 0 Å². The highest BCUT2D eigenvalue weighted by Crippen LogP contribution is 2.29. The van der Waals surface area contributed by atoms with Crippen LogP contribution in [0, 0.1) is 0 Å². The predicted molar refractivity (Wildman–Crippen MR) is 65.2 cm³/mol. The third-order valence-electron chi connectivity index (χ3n) is 3.34. The average Bonchev–Trinajstić information content (AvgIpc) is 2.45. The molecule has 1 fully saturated rings. The van der Waals surface area contributed by atoms with Crippen molar-refractivity contribution in [3.63, 3.8) is 0 Å². The molecule has 1 N–H and O–H groups in total. The number of rotatable bonds is 6. The van der Waals surface area contributed by atoms with Crippen LogP contribution in [0.4, 0.5) is 0 Å². The predicted octanol–water partition coefficient (Wildman–Crippen LogP) is 3.12. The fourth-order valence-corrected chi connectivity index (χ4v) is 2.54. The summed E-state index contributed by atoms with van der Waals surface area (Å²) < 4.78 is 6.03. The molecule has 0 spiro atoms. The van der Waals surface area contributed by atoms with Gasteiger partial charge in [0.1, 0.15) is 0 Å². The first-order valence-corrected chi connectivity index (χ1v) is 6.67. The molecule has 0 aromatic carbocycles. The maximum atomic E-state index is 6.03. The molecule has 0 aromatic heterocycles. The molecule has 2 nitrogen and oxygen atoms in total. The van der Waals surface area contributed by atoms with Crippen molar-refractivity contribution in [1.29, 1.82) is 0 Å². The molecule has 1 saturated carbocycles. The van der Waals surface area contributed by atoms with E-state index in [2.05, 4.69) is 19.2 Å². The van der Waals surface area contributed by atoms with Gasteiger partial charge in [0, 0.05) is 13.2 Å². The zero-order valence-electron chi connectivity index (χ0n) is 10.5. The van der Waals surface area contributed by atoms with Crippen LogP contribution in [0.5, 0.6) is 0 Å². The van der Waals surface area contributed by atoms with E-state index < -0.39 is 0 Å². The van der Waals surface area contributed by atoms with Gasteiger partial charge in [-0.05, 0) is 32.7 Å². The summed E-state index contributed by atoms with van der Waals surface area (Å²) in [7, 11) is 0. The van der Waals surface area contributed by atoms with E-state index in [1.165, 1.54) is 44.9 Å². The zero-order valence-corrected chi connectivity index (χ0v) is 10.5. The van der Waals surface area contributed by atoms with E-state index in [0.717, 1.165) is 19.7 Å². The van der Waals surface area contributed by atoms with Crippen molar-refractivity contribution < 1.29 is 4.74 Å². The first-order chi connectivity index (χ1) is 7.33.